The quantitative estimate of drug-likeness (QED) is 0.182. The molecule has 7 heteroatoms. The SMILES string of the molecule is N#Cc1cc(-n2c3ccccc3c3ccc4oc5ccccc5c4c32)c(-c2c(F)cccc2F)c(-n2c3ccccc3c3ccc4oc5ccccc5c4c32)c1. The first-order valence-electron chi connectivity index (χ1n) is 18.3. The van der Waals surface area contributed by atoms with Gasteiger partial charge in [0.2, 0.25) is 0 Å². The molecule has 0 radical (unpaired) electrons. The summed E-state index contributed by atoms with van der Waals surface area (Å²) in [6, 6.07) is 49.6. The first-order chi connectivity index (χ1) is 27.6. The van der Waals surface area contributed by atoms with Gasteiger partial charge in [0.05, 0.1) is 61.4 Å². The Kier molecular flexibility index (Phi) is 6.13. The van der Waals surface area contributed by atoms with Gasteiger partial charge in [-0.2, -0.15) is 5.26 Å². The number of fused-ring (bicyclic) bond motifs is 14. The molecule has 0 N–H and O–H groups in total. The van der Waals surface area contributed by atoms with Crippen molar-refractivity contribution in [3.8, 4) is 28.6 Å². The second kappa shape index (κ2) is 11.2. The van der Waals surface area contributed by atoms with Crippen molar-refractivity contribution in [1.82, 2.24) is 9.13 Å². The lowest BCUT2D eigenvalue weighted by Gasteiger charge is -2.21. The summed E-state index contributed by atoms with van der Waals surface area (Å²) in [5.41, 5.74) is 7.33. The lowest BCUT2D eigenvalue weighted by molar-refractivity contribution is 0.589. The van der Waals surface area contributed by atoms with Crippen LogP contribution in [0, 0.1) is 23.0 Å². The smallest absolute Gasteiger partial charge is 0.137 e. The summed E-state index contributed by atoms with van der Waals surface area (Å²) < 4.78 is 50.3. The summed E-state index contributed by atoms with van der Waals surface area (Å²) >= 11 is 0. The molecule has 0 aliphatic heterocycles. The van der Waals surface area contributed by atoms with Crippen LogP contribution >= 0.6 is 0 Å². The van der Waals surface area contributed by atoms with Gasteiger partial charge < -0.3 is 18.0 Å². The fourth-order valence-corrected chi connectivity index (χ4v) is 9.05. The van der Waals surface area contributed by atoms with E-state index in [1.54, 1.807) is 12.1 Å². The van der Waals surface area contributed by atoms with Gasteiger partial charge in [0, 0.05) is 37.9 Å². The van der Waals surface area contributed by atoms with Gasteiger partial charge in [-0.3, -0.25) is 0 Å². The molecule has 4 heterocycles. The Hall–Kier alpha value is -7.69. The van der Waals surface area contributed by atoms with Crippen LogP contribution in [0.1, 0.15) is 5.56 Å². The molecule has 0 bridgehead atoms. The largest absolute Gasteiger partial charge is 0.456 e. The minimum Gasteiger partial charge on any atom is -0.456 e. The first kappa shape index (κ1) is 30.7. The second-order valence-corrected chi connectivity index (χ2v) is 14.2. The van der Waals surface area contributed by atoms with E-state index < -0.39 is 11.6 Å². The van der Waals surface area contributed by atoms with E-state index in [4.69, 9.17) is 8.83 Å². The van der Waals surface area contributed by atoms with Gasteiger partial charge in [0.15, 0.2) is 0 Å². The Morgan fingerprint density at radius 3 is 1.36 bits per heavy atom. The van der Waals surface area contributed by atoms with Gasteiger partial charge in [-0.25, -0.2) is 8.78 Å². The van der Waals surface area contributed by atoms with Crippen molar-refractivity contribution < 1.29 is 17.6 Å². The summed E-state index contributed by atoms with van der Waals surface area (Å²) in [6.07, 6.45) is 0. The van der Waals surface area contributed by atoms with Crippen LogP contribution in [0.4, 0.5) is 8.78 Å². The number of nitriles is 1. The third kappa shape index (κ3) is 3.99. The van der Waals surface area contributed by atoms with Crippen LogP contribution < -0.4 is 0 Å². The first-order valence-corrected chi connectivity index (χ1v) is 18.3. The van der Waals surface area contributed by atoms with Crippen molar-refractivity contribution in [1.29, 1.82) is 5.26 Å². The number of furan rings is 2. The second-order valence-electron chi connectivity index (χ2n) is 14.2. The number of rotatable bonds is 3. The molecule has 262 valence electrons. The molecule has 8 aromatic carbocycles. The Bertz CT molecular complexity index is 3480. The van der Waals surface area contributed by atoms with E-state index in [1.807, 2.05) is 121 Å². The average molecular weight is 726 g/mol. The van der Waals surface area contributed by atoms with Gasteiger partial charge in [-0.05, 0) is 72.8 Å². The van der Waals surface area contributed by atoms with Gasteiger partial charge in [0.1, 0.15) is 34.0 Å². The maximum absolute atomic E-state index is 16.7. The van der Waals surface area contributed by atoms with E-state index in [-0.39, 0.29) is 5.56 Å². The molecular weight excluding hydrogens is 701 g/mol. The highest BCUT2D eigenvalue weighted by Gasteiger charge is 2.29. The monoisotopic (exact) mass is 725 g/mol. The molecule has 12 rings (SSSR count). The molecule has 4 aromatic heterocycles. The fourth-order valence-electron chi connectivity index (χ4n) is 9.05. The molecule has 0 saturated heterocycles. The number of nitrogens with zero attached hydrogens (tertiary/aromatic N) is 3. The van der Waals surface area contributed by atoms with Crippen molar-refractivity contribution in [2.75, 3.05) is 0 Å². The average Bonchev–Trinajstić information content (AvgIpc) is 3.98. The normalized spacial score (nSPS) is 12.1. The Morgan fingerprint density at radius 2 is 0.875 bits per heavy atom. The van der Waals surface area contributed by atoms with Crippen LogP contribution in [-0.4, -0.2) is 9.13 Å². The maximum atomic E-state index is 16.7. The summed E-state index contributed by atoms with van der Waals surface area (Å²) in [7, 11) is 0. The van der Waals surface area contributed by atoms with Crippen molar-refractivity contribution in [3.63, 3.8) is 0 Å². The third-order valence-corrected chi connectivity index (χ3v) is 11.3. The minimum atomic E-state index is -0.725. The molecule has 0 saturated carbocycles. The molecule has 12 aromatic rings. The molecule has 0 amide bonds. The van der Waals surface area contributed by atoms with Gasteiger partial charge in [-0.1, -0.05) is 78.9 Å². The highest BCUT2D eigenvalue weighted by molar-refractivity contribution is 6.26. The topological polar surface area (TPSA) is 59.9 Å². The summed E-state index contributed by atoms with van der Waals surface area (Å²) in [6.45, 7) is 0. The van der Waals surface area contributed by atoms with Crippen LogP contribution in [0.2, 0.25) is 0 Å². The van der Waals surface area contributed by atoms with Gasteiger partial charge >= 0.3 is 0 Å². The number of hydrogen-bond donors (Lipinski definition) is 0. The van der Waals surface area contributed by atoms with E-state index in [0.717, 1.165) is 76.3 Å². The molecule has 0 unspecified atom stereocenters. The van der Waals surface area contributed by atoms with E-state index >= 15 is 8.78 Å². The maximum Gasteiger partial charge on any atom is 0.137 e. The summed E-state index contributed by atoms with van der Waals surface area (Å²) in [5, 5.41) is 18.1. The lowest BCUT2D eigenvalue weighted by atomic mass is 9.96. The van der Waals surface area contributed by atoms with Crippen molar-refractivity contribution in [3.05, 3.63) is 169 Å². The Labute approximate surface area is 316 Å². The molecule has 5 nitrogen and oxygen atoms in total. The zero-order valence-corrected chi connectivity index (χ0v) is 29.3. The molecule has 0 fully saturated rings. The Balaban J connectivity index is 1.36. The predicted octanol–water partition coefficient (Wildman–Crippen LogP) is 13.5. The van der Waals surface area contributed by atoms with Crippen LogP contribution in [0.25, 0.3) is 110 Å². The standard InChI is InChI=1S/C49H25F2N3O2/c50-34-14-9-15-35(51)46(34)47-38(53-36-16-5-1-10-28(36)30-20-22-42-44(48(30)53)32-12-3-7-18-40(32)55-42)24-27(26-52)25-39(47)54-37-17-6-2-11-29(37)31-21-23-43-45(49(31)54)33-13-4-8-19-41(33)56-43/h1-25H. The molecule has 0 spiro atoms. The molecule has 0 aliphatic rings. The van der Waals surface area contributed by atoms with Crippen LogP contribution in [0.3, 0.4) is 0 Å². The highest BCUT2D eigenvalue weighted by atomic mass is 19.1. The molecule has 0 aliphatic carbocycles. The zero-order chi connectivity index (χ0) is 37.2. The van der Waals surface area contributed by atoms with Crippen LogP contribution in [0.15, 0.2) is 160 Å². The van der Waals surface area contributed by atoms with E-state index in [1.165, 1.54) is 18.2 Å². The number of benzene rings is 8. The van der Waals surface area contributed by atoms with Crippen LogP contribution in [-0.2, 0) is 0 Å². The lowest BCUT2D eigenvalue weighted by Crippen LogP contribution is -2.07. The zero-order valence-electron chi connectivity index (χ0n) is 29.3. The van der Waals surface area contributed by atoms with Gasteiger partial charge in [0.25, 0.3) is 0 Å². The third-order valence-electron chi connectivity index (χ3n) is 11.3. The molecular formula is C49H25F2N3O2. The van der Waals surface area contributed by atoms with Crippen molar-refractivity contribution in [2.24, 2.45) is 0 Å². The number of para-hydroxylation sites is 4. The van der Waals surface area contributed by atoms with Crippen molar-refractivity contribution >= 4 is 87.5 Å². The molecule has 56 heavy (non-hydrogen) atoms. The number of aromatic nitrogens is 2. The number of halogens is 2. The molecule has 0 atom stereocenters. The summed E-state index contributed by atoms with van der Waals surface area (Å²) in [5.74, 6) is -1.45. The van der Waals surface area contributed by atoms with Crippen molar-refractivity contribution in [2.45, 2.75) is 0 Å². The van der Waals surface area contributed by atoms with Crippen LogP contribution in [0.5, 0.6) is 0 Å². The predicted molar refractivity (Wildman–Crippen MR) is 220 cm³/mol. The van der Waals surface area contributed by atoms with E-state index in [2.05, 4.69) is 15.2 Å². The summed E-state index contributed by atoms with van der Waals surface area (Å²) in [4.78, 5) is 0. The highest BCUT2D eigenvalue weighted by Crippen LogP contribution is 2.48. The van der Waals surface area contributed by atoms with Gasteiger partial charge in [-0.15, -0.1) is 0 Å². The number of hydrogen-bond acceptors (Lipinski definition) is 3. The van der Waals surface area contributed by atoms with E-state index in [0.29, 0.717) is 33.7 Å². The van der Waals surface area contributed by atoms with E-state index in [9.17, 15) is 5.26 Å². The fraction of sp³-hybridized carbons (Fsp3) is 0. The minimum absolute atomic E-state index is 0.202. The Morgan fingerprint density at radius 1 is 0.429 bits per heavy atom.